The van der Waals surface area contributed by atoms with Crippen molar-refractivity contribution in [1.29, 1.82) is 0 Å². The van der Waals surface area contributed by atoms with Crippen LogP contribution in [0, 0.1) is 0 Å². The molecule has 0 saturated carbocycles. The van der Waals surface area contributed by atoms with Crippen molar-refractivity contribution in [2.75, 3.05) is 27.2 Å². The van der Waals surface area contributed by atoms with Crippen LogP contribution < -0.4 is 4.74 Å². The minimum Gasteiger partial charge on any atom is -0.491 e. The van der Waals surface area contributed by atoms with E-state index in [1.165, 1.54) is 0 Å². The highest BCUT2D eigenvalue weighted by Crippen LogP contribution is 2.22. The average Bonchev–Trinajstić information content (AvgIpc) is 2.80. The minimum atomic E-state index is 0.110. The molecule has 0 saturated heterocycles. The predicted molar refractivity (Wildman–Crippen MR) is 74.8 cm³/mol. The van der Waals surface area contributed by atoms with Crippen molar-refractivity contribution in [1.82, 2.24) is 14.9 Å². The number of aromatic amines is 1. The average molecular weight is 261 g/mol. The fourth-order valence-corrected chi connectivity index (χ4v) is 1.83. The summed E-state index contributed by atoms with van der Waals surface area (Å²) in [5.41, 5.74) is 1.40. The SMILES string of the molecule is CCC(=O)c1c[nH]c2ncc(OCCN(C)C)cc12. The number of nitrogens with one attached hydrogen (secondary N) is 1. The molecule has 0 unspecified atom stereocenters. The maximum absolute atomic E-state index is 11.8. The van der Waals surface area contributed by atoms with Crippen molar-refractivity contribution in [3.8, 4) is 5.75 Å². The van der Waals surface area contributed by atoms with Gasteiger partial charge >= 0.3 is 0 Å². The van der Waals surface area contributed by atoms with Gasteiger partial charge in [-0.05, 0) is 20.2 Å². The molecule has 19 heavy (non-hydrogen) atoms. The third-order valence-electron chi connectivity index (χ3n) is 2.93. The quantitative estimate of drug-likeness (QED) is 0.809. The molecule has 0 spiro atoms. The van der Waals surface area contributed by atoms with Gasteiger partial charge in [-0.1, -0.05) is 6.92 Å². The van der Waals surface area contributed by atoms with Gasteiger partial charge in [0.15, 0.2) is 5.78 Å². The molecule has 102 valence electrons. The van der Waals surface area contributed by atoms with Crippen LogP contribution in [0.4, 0.5) is 0 Å². The molecule has 0 fully saturated rings. The molecule has 5 nitrogen and oxygen atoms in total. The minimum absolute atomic E-state index is 0.110. The number of pyridine rings is 1. The lowest BCUT2D eigenvalue weighted by Crippen LogP contribution is -2.19. The summed E-state index contributed by atoms with van der Waals surface area (Å²) in [6.07, 6.45) is 3.88. The number of carbonyl (C=O) groups excluding carboxylic acids is 1. The fourth-order valence-electron chi connectivity index (χ4n) is 1.83. The molecular weight excluding hydrogens is 242 g/mol. The Kier molecular flexibility index (Phi) is 4.16. The molecule has 5 heteroatoms. The maximum atomic E-state index is 11.8. The third kappa shape index (κ3) is 3.12. The first-order valence-corrected chi connectivity index (χ1v) is 6.39. The fraction of sp³-hybridized carbons (Fsp3) is 0.429. The van der Waals surface area contributed by atoms with Crippen molar-refractivity contribution < 1.29 is 9.53 Å². The number of likely N-dealkylation sites (N-methyl/N-ethyl adjacent to an activating group) is 1. The first-order chi connectivity index (χ1) is 9.11. The monoisotopic (exact) mass is 261 g/mol. The van der Waals surface area contributed by atoms with E-state index in [0.717, 1.165) is 17.6 Å². The van der Waals surface area contributed by atoms with E-state index in [1.54, 1.807) is 12.4 Å². The van der Waals surface area contributed by atoms with Gasteiger partial charge in [0.1, 0.15) is 18.0 Å². The lowest BCUT2D eigenvalue weighted by molar-refractivity contribution is 0.0990. The molecule has 0 aliphatic heterocycles. The summed E-state index contributed by atoms with van der Waals surface area (Å²) >= 11 is 0. The van der Waals surface area contributed by atoms with Gasteiger partial charge in [0, 0.05) is 30.1 Å². The molecule has 2 aromatic rings. The number of carbonyl (C=O) groups is 1. The number of hydrogen-bond acceptors (Lipinski definition) is 4. The van der Waals surface area contributed by atoms with E-state index >= 15 is 0 Å². The number of rotatable bonds is 6. The Morgan fingerprint density at radius 3 is 2.95 bits per heavy atom. The number of aromatic nitrogens is 2. The van der Waals surface area contributed by atoms with E-state index in [1.807, 2.05) is 32.0 Å². The van der Waals surface area contributed by atoms with Crippen molar-refractivity contribution >= 4 is 16.8 Å². The highest BCUT2D eigenvalue weighted by atomic mass is 16.5. The standard InChI is InChI=1S/C14H19N3O2/c1-4-13(18)12-9-16-14-11(12)7-10(8-15-14)19-6-5-17(2)3/h7-9H,4-6H2,1-3H3,(H,15,16). The first-order valence-electron chi connectivity index (χ1n) is 6.39. The zero-order valence-electron chi connectivity index (χ0n) is 11.6. The first kappa shape index (κ1) is 13.5. The molecule has 0 bridgehead atoms. The largest absolute Gasteiger partial charge is 0.491 e. The smallest absolute Gasteiger partial charge is 0.164 e. The summed E-state index contributed by atoms with van der Waals surface area (Å²) in [5.74, 6) is 0.803. The highest BCUT2D eigenvalue weighted by Gasteiger charge is 2.11. The molecule has 0 aliphatic carbocycles. The third-order valence-corrected chi connectivity index (χ3v) is 2.93. The van der Waals surface area contributed by atoms with Crippen LogP contribution in [0.3, 0.4) is 0 Å². The van der Waals surface area contributed by atoms with Crippen molar-refractivity contribution in [3.63, 3.8) is 0 Å². The lowest BCUT2D eigenvalue weighted by atomic mass is 10.1. The van der Waals surface area contributed by atoms with Crippen LogP contribution in [0.1, 0.15) is 23.7 Å². The number of fused-ring (bicyclic) bond motifs is 1. The van der Waals surface area contributed by atoms with Gasteiger partial charge in [-0.15, -0.1) is 0 Å². The van der Waals surface area contributed by atoms with E-state index in [-0.39, 0.29) is 5.78 Å². The van der Waals surface area contributed by atoms with Crippen molar-refractivity contribution in [2.24, 2.45) is 0 Å². The van der Waals surface area contributed by atoms with Gasteiger partial charge in [0.2, 0.25) is 0 Å². The van der Waals surface area contributed by atoms with Gasteiger partial charge < -0.3 is 14.6 Å². The zero-order valence-corrected chi connectivity index (χ0v) is 11.6. The highest BCUT2D eigenvalue weighted by molar-refractivity contribution is 6.07. The number of nitrogens with zero attached hydrogens (tertiary/aromatic N) is 2. The van der Waals surface area contributed by atoms with Crippen LogP contribution in [-0.4, -0.2) is 47.9 Å². The molecule has 0 aromatic carbocycles. The summed E-state index contributed by atoms with van der Waals surface area (Å²) in [4.78, 5) is 21.1. The van der Waals surface area contributed by atoms with E-state index in [4.69, 9.17) is 4.74 Å². The Balaban J connectivity index is 2.21. The molecule has 2 rings (SSSR count). The Morgan fingerprint density at radius 2 is 2.26 bits per heavy atom. The number of ketones is 1. The Morgan fingerprint density at radius 1 is 1.47 bits per heavy atom. The van der Waals surface area contributed by atoms with E-state index in [0.29, 0.717) is 24.3 Å². The van der Waals surface area contributed by atoms with E-state index < -0.39 is 0 Å². The number of H-pyrrole nitrogens is 1. The zero-order chi connectivity index (χ0) is 13.8. The molecular formula is C14H19N3O2. The number of hydrogen-bond donors (Lipinski definition) is 1. The van der Waals surface area contributed by atoms with Crippen LogP contribution in [0.25, 0.3) is 11.0 Å². The van der Waals surface area contributed by atoms with Crippen LogP contribution >= 0.6 is 0 Å². The predicted octanol–water partition coefficient (Wildman–Crippen LogP) is 2.10. The van der Waals surface area contributed by atoms with Gasteiger partial charge in [-0.2, -0.15) is 0 Å². The summed E-state index contributed by atoms with van der Waals surface area (Å²) in [6.45, 7) is 3.29. The van der Waals surface area contributed by atoms with Gasteiger partial charge in [0.05, 0.1) is 6.20 Å². The molecule has 2 heterocycles. The second kappa shape index (κ2) is 5.84. The molecule has 1 N–H and O–H groups in total. The Hall–Kier alpha value is -1.88. The number of Topliss-reactive ketones (excluding diaryl/α,β-unsaturated/α-hetero) is 1. The number of ether oxygens (including phenoxy) is 1. The Bertz CT molecular complexity index is 575. The Labute approximate surface area is 112 Å². The normalized spacial score (nSPS) is 11.2. The van der Waals surface area contributed by atoms with Gasteiger partial charge in [-0.3, -0.25) is 4.79 Å². The van der Waals surface area contributed by atoms with Crippen LogP contribution in [0.5, 0.6) is 5.75 Å². The summed E-state index contributed by atoms with van der Waals surface area (Å²) in [5, 5.41) is 0.828. The van der Waals surface area contributed by atoms with Crippen LogP contribution in [-0.2, 0) is 0 Å². The summed E-state index contributed by atoms with van der Waals surface area (Å²) < 4.78 is 5.63. The molecule has 0 radical (unpaired) electrons. The second-order valence-corrected chi connectivity index (χ2v) is 4.70. The molecule has 0 amide bonds. The van der Waals surface area contributed by atoms with E-state index in [2.05, 4.69) is 9.97 Å². The van der Waals surface area contributed by atoms with E-state index in [9.17, 15) is 4.79 Å². The van der Waals surface area contributed by atoms with Gasteiger partial charge in [-0.25, -0.2) is 4.98 Å². The van der Waals surface area contributed by atoms with Crippen LogP contribution in [0.2, 0.25) is 0 Å². The van der Waals surface area contributed by atoms with Crippen molar-refractivity contribution in [2.45, 2.75) is 13.3 Å². The topological polar surface area (TPSA) is 58.2 Å². The van der Waals surface area contributed by atoms with Gasteiger partial charge in [0.25, 0.3) is 0 Å². The summed E-state index contributed by atoms with van der Waals surface area (Å²) in [6, 6.07) is 1.87. The molecule has 0 aliphatic rings. The second-order valence-electron chi connectivity index (χ2n) is 4.70. The molecule has 0 atom stereocenters. The maximum Gasteiger partial charge on any atom is 0.164 e. The van der Waals surface area contributed by atoms with Crippen LogP contribution in [0.15, 0.2) is 18.5 Å². The summed E-state index contributed by atoms with van der Waals surface area (Å²) in [7, 11) is 3.99. The van der Waals surface area contributed by atoms with Crippen molar-refractivity contribution in [3.05, 3.63) is 24.0 Å². The molecule has 2 aromatic heterocycles. The lowest BCUT2D eigenvalue weighted by Gasteiger charge is -2.10.